The van der Waals surface area contributed by atoms with Gasteiger partial charge in [0, 0.05) is 23.7 Å². The summed E-state index contributed by atoms with van der Waals surface area (Å²) in [4.78, 5) is 0. The van der Waals surface area contributed by atoms with Gasteiger partial charge in [0.25, 0.3) is 0 Å². The normalized spacial score (nSPS) is 33.9. The summed E-state index contributed by atoms with van der Waals surface area (Å²) in [5.74, 6) is 33.6. The van der Waals surface area contributed by atoms with E-state index in [0.717, 1.165) is 41.4 Å². The van der Waals surface area contributed by atoms with Crippen molar-refractivity contribution in [1.82, 2.24) is 0 Å². The van der Waals surface area contributed by atoms with Gasteiger partial charge in [0.2, 0.25) is 0 Å². The average molecular weight is 601 g/mol. The Morgan fingerprint density at radius 2 is 0.955 bits per heavy atom. The second-order valence-corrected chi connectivity index (χ2v) is 15.1. The SMILES string of the molecule is CC#CC1CC(C)CCC1C.CC#CC1CC(C)CCC1CCCC.CC#CC1CCC(C)C1.CC#CC1CCCC(C)C1. The van der Waals surface area contributed by atoms with Crippen molar-refractivity contribution in [3.63, 3.8) is 0 Å². The van der Waals surface area contributed by atoms with Gasteiger partial charge in [0.05, 0.1) is 0 Å². The number of hydrogen-bond donors (Lipinski definition) is 0. The first-order chi connectivity index (χ1) is 21.2. The molecule has 0 N–H and O–H groups in total. The summed E-state index contributed by atoms with van der Waals surface area (Å²) in [6.07, 6.45) is 22.0. The molecule has 0 aromatic carbocycles. The quantitative estimate of drug-likeness (QED) is 0.283. The zero-order valence-electron chi connectivity index (χ0n) is 31.1. The molecule has 0 heteroatoms. The van der Waals surface area contributed by atoms with Crippen LogP contribution < -0.4 is 0 Å². The molecule has 0 bridgehead atoms. The van der Waals surface area contributed by atoms with Crippen molar-refractivity contribution in [2.75, 3.05) is 0 Å². The van der Waals surface area contributed by atoms with Crippen LogP contribution in [-0.2, 0) is 0 Å². The summed E-state index contributed by atoms with van der Waals surface area (Å²) < 4.78 is 0. The molecule has 4 fully saturated rings. The van der Waals surface area contributed by atoms with E-state index in [4.69, 9.17) is 0 Å². The van der Waals surface area contributed by atoms with E-state index in [9.17, 15) is 0 Å². The Morgan fingerprint density at radius 3 is 1.48 bits per heavy atom. The lowest BCUT2D eigenvalue weighted by molar-refractivity contribution is 0.220. The Bertz CT molecular complexity index is 984. The van der Waals surface area contributed by atoms with Crippen LogP contribution in [0.5, 0.6) is 0 Å². The first-order valence-corrected chi connectivity index (χ1v) is 18.9. The van der Waals surface area contributed by atoms with Gasteiger partial charge in [0.1, 0.15) is 0 Å². The van der Waals surface area contributed by atoms with Crippen LogP contribution in [0.2, 0.25) is 0 Å². The molecule has 4 aliphatic rings. The van der Waals surface area contributed by atoms with Crippen molar-refractivity contribution in [3.8, 4) is 47.4 Å². The van der Waals surface area contributed by atoms with Crippen LogP contribution in [0, 0.1) is 107 Å². The van der Waals surface area contributed by atoms with Crippen LogP contribution in [0.4, 0.5) is 0 Å². The first-order valence-electron chi connectivity index (χ1n) is 18.9. The lowest BCUT2D eigenvalue weighted by atomic mass is 9.73. The van der Waals surface area contributed by atoms with Gasteiger partial charge >= 0.3 is 0 Å². The maximum atomic E-state index is 3.42. The van der Waals surface area contributed by atoms with E-state index in [2.05, 4.69) is 88.9 Å². The van der Waals surface area contributed by atoms with Crippen LogP contribution in [0.1, 0.15) is 172 Å². The molecule has 4 saturated carbocycles. The minimum atomic E-state index is 0.684. The first kappa shape index (κ1) is 40.3. The van der Waals surface area contributed by atoms with Crippen molar-refractivity contribution in [2.24, 2.45) is 59.2 Å². The third-order valence-electron chi connectivity index (χ3n) is 10.6. The summed E-state index contributed by atoms with van der Waals surface area (Å²) in [5, 5.41) is 0. The predicted octanol–water partition coefficient (Wildman–Crippen LogP) is 12.6. The van der Waals surface area contributed by atoms with Crippen LogP contribution in [-0.4, -0.2) is 0 Å². The molecule has 0 aliphatic heterocycles. The van der Waals surface area contributed by atoms with Gasteiger partial charge in [0.15, 0.2) is 0 Å². The average Bonchev–Trinajstić information content (AvgIpc) is 3.41. The summed E-state index contributed by atoms with van der Waals surface area (Å²) in [7, 11) is 0. The Balaban J connectivity index is 0.000000297. The van der Waals surface area contributed by atoms with Crippen LogP contribution >= 0.6 is 0 Å². The van der Waals surface area contributed by atoms with E-state index in [1.54, 1.807) is 0 Å². The second kappa shape index (κ2) is 24.5. The Kier molecular flexibility index (Phi) is 22.4. The zero-order chi connectivity index (χ0) is 32.7. The van der Waals surface area contributed by atoms with Crippen molar-refractivity contribution in [3.05, 3.63) is 0 Å². The van der Waals surface area contributed by atoms with Crippen LogP contribution in [0.15, 0.2) is 0 Å². The topological polar surface area (TPSA) is 0 Å². The minimum Gasteiger partial charge on any atom is -0.106 e. The summed E-state index contributed by atoms with van der Waals surface area (Å²) in [6, 6.07) is 0. The number of rotatable bonds is 3. The number of unbranched alkanes of at least 4 members (excludes halogenated alkanes) is 1. The fourth-order valence-electron chi connectivity index (χ4n) is 7.85. The highest BCUT2D eigenvalue weighted by atomic mass is 14.3. The van der Waals surface area contributed by atoms with Gasteiger partial charge in [-0.05, 0) is 127 Å². The zero-order valence-corrected chi connectivity index (χ0v) is 31.1. The molecule has 248 valence electrons. The van der Waals surface area contributed by atoms with Gasteiger partial charge in [-0.2, -0.15) is 0 Å². The van der Waals surface area contributed by atoms with Crippen molar-refractivity contribution in [1.29, 1.82) is 0 Å². The largest absolute Gasteiger partial charge is 0.106 e. The lowest BCUT2D eigenvalue weighted by Gasteiger charge is -2.31. The van der Waals surface area contributed by atoms with E-state index >= 15 is 0 Å². The van der Waals surface area contributed by atoms with Crippen molar-refractivity contribution in [2.45, 2.75) is 172 Å². The molecule has 10 unspecified atom stereocenters. The van der Waals surface area contributed by atoms with Gasteiger partial charge < -0.3 is 0 Å². The Morgan fingerprint density at radius 1 is 0.477 bits per heavy atom. The molecule has 0 radical (unpaired) electrons. The molecule has 0 spiro atoms. The summed E-state index contributed by atoms with van der Waals surface area (Å²) in [6.45, 7) is 21.8. The standard InChI is InChI=1S/C14H24.C11H18.C10H16.C9H14/c1-4-6-8-13-10-9-12(3)11-14(13)7-5-2;1-4-5-11-8-9(2)6-7-10(11)3;1-3-5-10-7-4-6-9(2)8-10;1-3-4-9-6-5-8(2)7-9/h12-14H,4,6,8-11H2,1-3H3;9-11H,6-8H2,1-3H3;9-10H,4,6-8H2,1-2H3;8-9H,5-7H2,1-2H3. The molecule has 44 heavy (non-hydrogen) atoms. The molecule has 10 atom stereocenters. The monoisotopic (exact) mass is 601 g/mol. The molecule has 4 rings (SSSR count). The van der Waals surface area contributed by atoms with Crippen molar-refractivity contribution >= 4 is 0 Å². The minimum absolute atomic E-state index is 0.684. The van der Waals surface area contributed by atoms with Crippen LogP contribution in [0.25, 0.3) is 0 Å². The molecule has 0 nitrogen and oxygen atoms in total. The molecule has 0 heterocycles. The molecule has 0 aromatic rings. The van der Waals surface area contributed by atoms with Crippen LogP contribution in [0.3, 0.4) is 0 Å². The molecule has 0 aromatic heterocycles. The lowest BCUT2D eigenvalue weighted by Crippen LogP contribution is -2.22. The predicted molar refractivity (Wildman–Crippen MR) is 197 cm³/mol. The van der Waals surface area contributed by atoms with E-state index in [-0.39, 0.29) is 0 Å². The van der Waals surface area contributed by atoms with E-state index in [0.29, 0.717) is 17.8 Å². The smallest absolute Gasteiger partial charge is 0.0233 e. The molecule has 0 amide bonds. The fraction of sp³-hybridized carbons (Fsp3) is 0.818. The summed E-state index contributed by atoms with van der Waals surface area (Å²) >= 11 is 0. The van der Waals surface area contributed by atoms with E-state index in [1.807, 2.05) is 27.7 Å². The highest BCUT2D eigenvalue weighted by Gasteiger charge is 2.26. The molecule has 4 aliphatic carbocycles. The van der Waals surface area contributed by atoms with Gasteiger partial charge in [-0.3, -0.25) is 0 Å². The van der Waals surface area contributed by atoms with E-state index in [1.165, 1.54) is 103 Å². The van der Waals surface area contributed by atoms with Crippen molar-refractivity contribution < 1.29 is 0 Å². The highest BCUT2D eigenvalue weighted by Crippen LogP contribution is 2.36. The molecule has 0 saturated heterocycles. The van der Waals surface area contributed by atoms with Gasteiger partial charge in [-0.1, -0.05) is 91.9 Å². The maximum Gasteiger partial charge on any atom is 0.0233 e. The Labute approximate surface area is 277 Å². The second-order valence-electron chi connectivity index (χ2n) is 15.1. The summed E-state index contributed by atoms with van der Waals surface area (Å²) in [5.41, 5.74) is 0. The molecular weight excluding hydrogens is 528 g/mol. The molecular formula is C44H72. The third-order valence-corrected chi connectivity index (χ3v) is 10.6. The third kappa shape index (κ3) is 17.7. The van der Waals surface area contributed by atoms with Gasteiger partial charge in [-0.25, -0.2) is 0 Å². The fourth-order valence-corrected chi connectivity index (χ4v) is 7.85. The number of hydrogen-bond acceptors (Lipinski definition) is 0. The van der Waals surface area contributed by atoms with Gasteiger partial charge in [-0.15, -0.1) is 35.5 Å². The maximum absolute atomic E-state index is 3.42. The Hall–Kier alpha value is -1.76. The highest BCUT2D eigenvalue weighted by molar-refractivity contribution is 5.06. The van der Waals surface area contributed by atoms with E-state index < -0.39 is 0 Å².